The first-order chi connectivity index (χ1) is 17.0. The fourth-order valence-corrected chi connectivity index (χ4v) is 4.55. The van der Waals surface area contributed by atoms with Crippen LogP contribution in [-0.2, 0) is 16.1 Å². The average Bonchev–Trinajstić information content (AvgIpc) is 3.29. The number of amides is 2. The van der Waals surface area contributed by atoms with Crippen molar-refractivity contribution in [2.75, 3.05) is 50.8 Å². The van der Waals surface area contributed by atoms with Crippen molar-refractivity contribution in [1.29, 1.82) is 0 Å². The second kappa shape index (κ2) is 12.9. The SMILES string of the molecule is C=CCN=NN(CC=C)OCCCC(=O)N1CCN(c2nc(C(N)=O)nc3sc(CC)cc23)CC1. The van der Waals surface area contributed by atoms with E-state index in [9.17, 15) is 9.59 Å². The highest BCUT2D eigenvalue weighted by molar-refractivity contribution is 7.18. The molecule has 0 spiro atoms. The number of piperazine rings is 1. The van der Waals surface area contributed by atoms with E-state index in [0.717, 1.165) is 16.6 Å². The summed E-state index contributed by atoms with van der Waals surface area (Å²) >= 11 is 1.55. The smallest absolute Gasteiger partial charge is 0.286 e. The van der Waals surface area contributed by atoms with Gasteiger partial charge in [0.1, 0.15) is 10.6 Å². The van der Waals surface area contributed by atoms with Crippen LogP contribution in [0.2, 0.25) is 0 Å². The second-order valence-corrected chi connectivity index (χ2v) is 8.97. The fourth-order valence-electron chi connectivity index (χ4n) is 3.59. The molecule has 35 heavy (non-hydrogen) atoms. The van der Waals surface area contributed by atoms with Crippen molar-refractivity contribution in [2.24, 2.45) is 16.1 Å². The number of hydrogen-bond donors (Lipinski definition) is 1. The van der Waals surface area contributed by atoms with E-state index in [0.29, 0.717) is 64.5 Å². The third-order valence-electron chi connectivity index (χ3n) is 5.36. The van der Waals surface area contributed by atoms with E-state index in [1.807, 2.05) is 4.90 Å². The molecule has 2 aromatic heterocycles. The highest BCUT2D eigenvalue weighted by atomic mass is 32.1. The van der Waals surface area contributed by atoms with Crippen LogP contribution in [0.5, 0.6) is 0 Å². The van der Waals surface area contributed by atoms with Crippen molar-refractivity contribution in [2.45, 2.75) is 26.2 Å². The molecule has 3 heterocycles. The Morgan fingerprint density at radius 1 is 1.26 bits per heavy atom. The molecule has 11 nitrogen and oxygen atoms in total. The Morgan fingerprint density at radius 2 is 2.03 bits per heavy atom. The van der Waals surface area contributed by atoms with Crippen LogP contribution in [-0.4, -0.2) is 77.7 Å². The van der Waals surface area contributed by atoms with Gasteiger partial charge in [0, 0.05) is 37.5 Å². The number of nitrogens with two attached hydrogens (primary N) is 1. The van der Waals surface area contributed by atoms with Crippen LogP contribution in [0.15, 0.2) is 41.7 Å². The molecule has 0 bridgehead atoms. The Kier molecular flexibility index (Phi) is 9.67. The summed E-state index contributed by atoms with van der Waals surface area (Å²) in [7, 11) is 0. The van der Waals surface area contributed by atoms with Crippen LogP contribution in [0.1, 0.15) is 35.3 Å². The summed E-state index contributed by atoms with van der Waals surface area (Å²) in [6, 6.07) is 2.07. The van der Waals surface area contributed by atoms with Gasteiger partial charge in [-0.2, -0.15) is 10.3 Å². The van der Waals surface area contributed by atoms with Crippen LogP contribution >= 0.6 is 11.3 Å². The Balaban J connectivity index is 1.53. The van der Waals surface area contributed by atoms with Crippen molar-refractivity contribution < 1.29 is 14.4 Å². The minimum Gasteiger partial charge on any atom is -0.363 e. The zero-order valence-electron chi connectivity index (χ0n) is 20.1. The lowest BCUT2D eigenvalue weighted by molar-refractivity contribution is -0.160. The normalized spacial score (nSPS) is 14.0. The summed E-state index contributed by atoms with van der Waals surface area (Å²) in [6.07, 6.45) is 5.11. The Hall–Kier alpha value is -3.38. The minimum atomic E-state index is -0.649. The third-order valence-corrected chi connectivity index (χ3v) is 6.53. The van der Waals surface area contributed by atoms with Crippen molar-refractivity contribution in [3.05, 3.63) is 42.1 Å². The number of aryl methyl sites for hydroxylation is 1. The van der Waals surface area contributed by atoms with Gasteiger partial charge in [0.05, 0.1) is 25.1 Å². The van der Waals surface area contributed by atoms with E-state index in [-0.39, 0.29) is 11.7 Å². The zero-order chi connectivity index (χ0) is 25.2. The summed E-state index contributed by atoms with van der Waals surface area (Å²) in [5.41, 5.74) is 5.46. The summed E-state index contributed by atoms with van der Waals surface area (Å²) in [6.45, 7) is 12.8. The molecule has 0 atom stereocenters. The van der Waals surface area contributed by atoms with Crippen LogP contribution in [0.3, 0.4) is 0 Å². The van der Waals surface area contributed by atoms with Crippen molar-refractivity contribution in [1.82, 2.24) is 20.0 Å². The van der Waals surface area contributed by atoms with Crippen LogP contribution in [0.4, 0.5) is 5.82 Å². The van der Waals surface area contributed by atoms with E-state index in [4.69, 9.17) is 10.6 Å². The number of hydrogen-bond acceptors (Lipinski definition) is 9. The molecule has 0 saturated carbocycles. The van der Waals surface area contributed by atoms with Gasteiger partial charge in [-0.3, -0.25) is 14.4 Å². The van der Waals surface area contributed by atoms with Gasteiger partial charge in [0.2, 0.25) is 11.7 Å². The molecule has 0 aromatic carbocycles. The molecule has 1 saturated heterocycles. The standard InChI is InChI=1S/C23H32N8O3S/c1-4-9-25-28-31(10-5-2)34-15-7-8-19(32)29-11-13-30(14-12-29)22-18-16-17(6-3)35-23(18)27-21(26-22)20(24)33/h4-5,16H,1-2,6-15H2,3H3,(H2,24,33). The number of rotatable bonds is 13. The number of carbonyl (C=O) groups is 2. The topological polar surface area (TPSA) is 130 Å². The molecule has 0 aliphatic carbocycles. The molecule has 188 valence electrons. The first kappa shape index (κ1) is 26.2. The molecule has 1 aliphatic rings. The average molecular weight is 501 g/mol. The summed E-state index contributed by atoms with van der Waals surface area (Å²) in [5.74, 6) is 0.147. The van der Waals surface area contributed by atoms with E-state index < -0.39 is 5.91 Å². The predicted molar refractivity (Wildman–Crippen MR) is 136 cm³/mol. The Morgan fingerprint density at radius 3 is 2.69 bits per heavy atom. The second-order valence-electron chi connectivity index (χ2n) is 7.85. The molecule has 0 unspecified atom stereocenters. The lowest BCUT2D eigenvalue weighted by Crippen LogP contribution is -2.49. The zero-order valence-corrected chi connectivity index (χ0v) is 20.9. The number of fused-ring (bicyclic) bond motifs is 1. The van der Waals surface area contributed by atoms with Gasteiger partial charge < -0.3 is 15.5 Å². The maximum Gasteiger partial charge on any atom is 0.286 e. The predicted octanol–water partition coefficient (Wildman–Crippen LogP) is 2.75. The first-order valence-electron chi connectivity index (χ1n) is 11.6. The quantitative estimate of drug-likeness (QED) is 0.194. The monoisotopic (exact) mass is 500 g/mol. The van der Waals surface area contributed by atoms with E-state index in [1.165, 1.54) is 10.0 Å². The van der Waals surface area contributed by atoms with E-state index >= 15 is 0 Å². The lowest BCUT2D eigenvalue weighted by Gasteiger charge is -2.35. The molecule has 2 N–H and O–H groups in total. The van der Waals surface area contributed by atoms with Gasteiger partial charge >= 0.3 is 0 Å². The van der Waals surface area contributed by atoms with Crippen molar-refractivity contribution in [3.63, 3.8) is 0 Å². The van der Waals surface area contributed by atoms with Gasteiger partial charge in [-0.15, -0.1) is 24.5 Å². The number of aromatic nitrogens is 2. The molecule has 0 radical (unpaired) electrons. The summed E-state index contributed by atoms with van der Waals surface area (Å²) in [5, 5.41) is 10.1. The van der Waals surface area contributed by atoms with Gasteiger partial charge in [0.25, 0.3) is 5.91 Å². The highest BCUT2D eigenvalue weighted by Crippen LogP contribution is 2.32. The molecular formula is C23H32N8O3S. The number of nitrogens with zero attached hydrogens (tertiary/aromatic N) is 7. The fraction of sp³-hybridized carbons (Fsp3) is 0.478. The minimum absolute atomic E-state index is 0.0186. The maximum atomic E-state index is 12.7. The van der Waals surface area contributed by atoms with Gasteiger partial charge in [-0.1, -0.05) is 19.1 Å². The third kappa shape index (κ3) is 7.06. The Labute approximate surface area is 208 Å². The first-order valence-corrected chi connectivity index (χ1v) is 12.4. The van der Waals surface area contributed by atoms with E-state index in [2.05, 4.69) is 51.4 Å². The van der Waals surface area contributed by atoms with Gasteiger partial charge in [-0.05, 0) is 24.1 Å². The van der Waals surface area contributed by atoms with E-state index in [1.54, 1.807) is 23.5 Å². The molecule has 2 aromatic rings. The largest absolute Gasteiger partial charge is 0.363 e. The number of anilines is 1. The number of hydroxylamine groups is 1. The molecule has 1 fully saturated rings. The van der Waals surface area contributed by atoms with Crippen LogP contribution in [0.25, 0.3) is 10.2 Å². The van der Waals surface area contributed by atoms with Crippen LogP contribution < -0.4 is 10.6 Å². The highest BCUT2D eigenvalue weighted by Gasteiger charge is 2.25. The number of carbonyl (C=O) groups excluding carboxylic acids is 2. The maximum absolute atomic E-state index is 12.7. The molecule has 12 heteroatoms. The van der Waals surface area contributed by atoms with Gasteiger partial charge in [0.15, 0.2) is 0 Å². The molecular weight excluding hydrogens is 468 g/mol. The number of thiophene rings is 1. The number of primary amides is 1. The van der Waals surface area contributed by atoms with Crippen LogP contribution in [0, 0.1) is 0 Å². The van der Waals surface area contributed by atoms with Crippen molar-refractivity contribution in [3.8, 4) is 0 Å². The lowest BCUT2D eigenvalue weighted by atomic mass is 10.2. The summed E-state index contributed by atoms with van der Waals surface area (Å²) in [4.78, 5) is 44.7. The van der Waals surface area contributed by atoms with Crippen molar-refractivity contribution >= 4 is 39.2 Å². The Bertz CT molecular complexity index is 1080. The molecule has 3 rings (SSSR count). The van der Waals surface area contributed by atoms with Gasteiger partial charge in [-0.25, -0.2) is 9.97 Å². The molecule has 1 aliphatic heterocycles. The molecule has 2 amide bonds. The summed E-state index contributed by atoms with van der Waals surface area (Å²) < 4.78 is 0.